The molecule has 1 unspecified atom stereocenters. The molecule has 0 aliphatic carbocycles. The number of benzene rings is 1. The van der Waals surface area contributed by atoms with Crippen molar-refractivity contribution in [1.29, 1.82) is 0 Å². The minimum Gasteiger partial charge on any atom is -0.480 e. The number of halogens is 1. The maximum atomic E-state index is 11.8. The molecule has 9 nitrogen and oxygen atoms in total. The first-order valence-electron chi connectivity index (χ1n) is 12.2. The number of carbonyl (C=O) groups excluding carboxylic acids is 1. The first kappa shape index (κ1) is 30.4. The topological polar surface area (TPSA) is 137 Å². The molecule has 1 aromatic heterocycles. The molecule has 1 saturated heterocycles. The maximum absolute atomic E-state index is 11.8. The fourth-order valence-corrected chi connectivity index (χ4v) is 4.90. The van der Waals surface area contributed by atoms with Gasteiger partial charge in [-0.1, -0.05) is 58.4 Å². The molecule has 2 amide bonds. The van der Waals surface area contributed by atoms with Crippen molar-refractivity contribution >= 4 is 46.0 Å². The first-order chi connectivity index (χ1) is 17.2. The summed E-state index contributed by atoms with van der Waals surface area (Å²) >= 11 is 7.48. The van der Waals surface area contributed by atoms with Crippen molar-refractivity contribution < 1.29 is 24.6 Å². The lowest BCUT2D eigenvalue weighted by atomic mass is 9.91. The van der Waals surface area contributed by atoms with E-state index in [2.05, 4.69) is 18.8 Å². The number of carboxylic acid groups (broad SMARTS) is 2. The van der Waals surface area contributed by atoms with E-state index in [-0.39, 0.29) is 11.3 Å². The summed E-state index contributed by atoms with van der Waals surface area (Å²) in [6, 6.07) is 4.93. The highest BCUT2D eigenvalue weighted by atomic mass is 35.5. The number of nitrogens with two attached hydrogens (primary N) is 1. The minimum absolute atomic E-state index is 0.0348. The van der Waals surface area contributed by atoms with E-state index in [1.165, 1.54) is 14.7 Å². The van der Waals surface area contributed by atoms with Gasteiger partial charge in [-0.15, -0.1) is 11.3 Å². The van der Waals surface area contributed by atoms with Gasteiger partial charge in [-0.25, -0.2) is 14.6 Å². The zero-order chi connectivity index (χ0) is 27.9. The molecular weight excluding hydrogens is 516 g/mol. The lowest BCUT2D eigenvalue weighted by Gasteiger charge is -2.25. The van der Waals surface area contributed by atoms with Crippen molar-refractivity contribution in [3.63, 3.8) is 0 Å². The molecule has 0 bridgehead atoms. The van der Waals surface area contributed by atoms with Crippen molar-refractivity contribution in [2.75, 3.05) is 12.3 Å². The Labute approximate surface area is 227 Å². The predicted octanol–water partition coefficient (Wildman–Crippen LogP) is 5.68. The van der Waals surface area contributed by atoms with E-state index in [4.69, 9.17) is 27.5 Å². The number of anilines is 1. The van der Waals surface area contributed by atoms with Crippen LogP contribution >= 0.6 is 22.9 Å². The molecule has 0 saturated carbocycles. The number of aromatic nitrogens is 1. The SMILES string of the molecule is CC(C)(C)CC(=O)N1CCCC1C(=O)O.CC(C)c1cnc(N)s1.O=C(O)N1Cc2cccc(Cl)c2C1. The second-order valence-electron chi connectivity index (χ2n) is 10.6. The van der Waals surface area contributed by atoms with Crippen LogP contribution in [0.3, 0.4) is 0 Å². The summed E-state index contributed by atoms with van der Waals surface area (Å²) < 4.78 is 0. The van der Waals surface area contributed by atoms with Crippen LogP contribution in [0.4, 0.5) is 9.93 Å². The predicted molar refractivity (Wildman–Crippen MR) is 146 cm³/mol. The Morgan fingerprint density at radius 3 is 2.35 bits per heavy atom. The number of hydrogen-bond donors (Lipinski definition) is 3. The number of fused-ring (bicyclic) bond motifs is 1. The van der Waals surface area contributed by atoms with Crippen molar-refractivity contribution in [1.82, 2.24) is 14.8 Å². The Morgan fingerprint density at radius 2 is 1.89 bits per heavy atom. The third kappa shape index (κ3) is 9.19. The zero-order valence-electron chi connectivity index (χ0n) is 22.0. The average molecular weight is 553 g/mol. The van der Waals surface area contributed by atoms with E-state index in [0.717, 1.165) is 17.5 Å². The lowest BCUT2D eigenvalue weighted by Crippen LogP contribution is -2.41. The number of nitrogen functional groups attached to an aromatic ring is 1. The Bertz CT molecular complexity index is 1100. The van der Waals surface area contributed by atoms with Gasteiger partial charge in [0.1, 0.15) is 6.04 Å². The maximum Gasteiger partial charge on any atom is 0.407 e. The lowest BCUT2D eigenvalue weighted by molar-refractivity contribution is -0.148. The molecule has 4 rings (SSSR count). The number of likely N-dealkylation sites (tertiary alicyclic amines) is 1. The van der Waals surface area contributed by atoms with Gasteiger partial charge in [0.15, 0.2) is 5.13 Å². The molecule has 3 heterocycles. The monoisotopic (exact) mass is 552 g/mol. The molecule has 2 aliphatic rings. The molecule has 2 aromatic rings. The van der Waals surface area contributed by atoms with E-state index in [9.17, 15) is 14.4 Å². The van der Waals surface area contributed by atoms with Crippen molar-refractivity contribution in [2.24, 2.45) is 5.41 Å². The summed E-state index contributed by atoms with van der Waals surface area (Å²) in [6.07, 6.45) is 2.74. The van der Waals surface area contributed by atoms with Gasteiger partial charge in [0.25, 0.3) is 0 Å². The van der Waals surface area contributed by atoms with Crippen LogP contribution in [0.1, 0.15) is 75.8 Å². The van der Waals surface area contributed by atoms with Gasteiger partial charge < -0.3 is 20.8 Å². The van der Waals surface area contributed by atoms with Crippen LogP contribution in [0.5, 0.6) is 0 Å². The molecular formula is C26H37ClN4O5S. The second-order valence-corrected chi connectivity index (χ2v) is 12.1. The third-order valence-electron chi connectivity index (χ3n) is 5.85. The molecule has 2 aliphatic heterocycles. The molecule has 4 N–H and O–H groups in total. The summed E-state index contributed by atoms with van der Waals surface area (Å²) in [5, 5.41) is 19.0. The average Bonchev–Trinajstić information content (AvgIpc) is 3.53. The Balaban J connectivity index is 0.000000201. The highest BCUT2D eigenvalue weighted by molar-refractivity contribution is 7.15. The number of carboxylic acids is 1. The molecule has 11 heteroatoms. The molecule has 1 fully saturated rings. The van der Waals surface area contributed by atoms with Crippen LogP contribution in [0, 0.1) is 5.41 Å². The number of hydrogen-bond acceptors (Lipinski definition) is 6. The zero-order valence-corrected chi connectivity index (χ0v) is 23.6. The first-order valence-corrected chi connectivity index (χ1v) is 13.4. The number of thiazole rings is 1. The van der Waals surface area contributed by atoms with Gasteiger partial charge in [0.2, 0.25) is 5.91 Å². The molecule has 1 aromatic carbocycles. The molecule has 0 radical (unpaired) electrons. The fourth-order valence-electron chi connectivity index (χ4n) is 3.96. The number of carbonyl (C=O) groups is 3. The van der Waals surface area contributed by atoms with Gasteiger partial charge in [-0.2, -0.15) is 0 Å². The number of nitrogens with zero attached hydrogens (tertiary/aromatic N) is 3. The van der Waals surface area contributed by atoms with E-state index in [1.54, 1.807) is 17.4 Å². The van der Waals surface area contributed by atoms with Crippen LogP contribution in [-0.2, 0) is 22.7 Å². The molecule has 37 heavy (non-hydrogen) atoms. The van der Waals surface area contributed by atoms with Crippen LogP contribution in [0.25, 0.3) is 0 Å². The summed E-state index contributed by atoms with van der Waals surface area (Å²) in [6.45, 7) is 11.7. The Morgan fingerprint density at radius 1 is 1.22 bits per heavy atom. The third-order valence-corrected chi connectivity index (χ3v) is 7.33. The van der Waals surface area contributed by atoms with E-state index < -0.39 is 18.1 Å². The van der Waals surface area contributed by atoms with Crippen LogP contribution in [-0.4, -0.2) is 55.6 Å². The summed E-state index contributed by atoms with van der Waals surface area (Å²) in [4.78, 5) is 41.4. The molecule has 1 atom stereocenters. The van der Waals surface area contributed by atoms with Gasteiger partial charge >= 0.3 is 12.1 Å². The van der Waals surface area contributed by atoms with E-state index in [1.807, 2.05) is 39.1 Å². The summed E-state index contributed by atoms with van der Waals surface area (Å²) in [7, 11) is 0. The van der Waals surface area contributed by atoms with E-state index in [0.29, 0.717) is 48.5 Å². The van der Waals surface area contributed by atoms with Crippen LogP contribution < -0.4 is 5.73 Å². The normalized spacial score (nSPS) is 16.5. The van der Waals surface area contributed by atoms with Crippen molar-refractivity contribution in [2.45, 2.75) is 78.9 Å². The van der Waals surface area contributed by atoms with Crippen LogP contribution in [0.15, 0.2) is 24.4 Å². The van der Waals surface area contributed by atoms with Crippen molar-refractivity contribution in [3.05, 3.63) is 45.4 Å². The minimum atomic E-state index is -0.896. The number of rotatable bonds is 3. The van der Waals surface area contributed by atoms with Gasteiger partial charge in [-0.05, 0) is 41.4 Å². The Hall–Kier alpha value is -2.85. The quantitative estimate of drug-likeness (QED) is 0.445. The van der Waals surface area contributed by atoms with Gasteiger partial charge in [0, 0.05) is 35.6 Å². The number of aliphatic carboxylic acids is 1. The summed E-state index contributed by atoms with van der Waals surface area (Å²) in [5.41, 5.74) is 7.29. The molecule has 0 spiro atoms. The summed E-state index contributed by atoms with van der Waals surface area (Å²) in [5.74, 6) is -0.359. The van der Waals surface area contributed by atoms with Gasteiger partial charge in [0.05, 0.1) is 6.54 Å². The highest BCUT2D eigenvalue weighted by Gasteiger charge is 2.35. The fraction of sp³-hybridized carbons (Fsp3) is 0.538. The highest BCUT2D eigenvalue weighted by Crippen LogP contribution is 2.29. The van der Waals surface area contributed by atoms with E-state index >= 15 is 0 Å². The Kier molecular flexibility index (Phi) is 10.8. The second kappa shape index (κ2) is 13.1. The smallest absolute Gasteiger partial charge is 0.407 e. The van der Waals surface area contributed by atoms with Gasteiger partial charge in [-0.3, -0.25) is 9.69 Å². The molecule has 204 valence electrons. The largest absolute Gasteiger partial charge is 0.480 e. The van der Waals surface area contributed by atoms with Crippen LogP contribution in [0.2, 0.25) is 5.02 Å². The van der Waals surface area contributed by atoms with Crippen molar-refractivity contribution in [3.8, 4) is 0 Å². The standard InChI is InChI=1S/C11H19NO3.C9H8ClNO2.C6H10N2S/c1-11(2,3)7-9(13)12-6-4-5-8(12)10(14)15;10-8-3-1-2-6-4-11(9(12)13)5-7(6)8;1-4(2)5-3-8-6(7)9-5/h8H,4-7H2,1-3H3,(H,14,15);1-3H,4-5H2,(H,12,13);3-4H,1-2H3,(H2,7,8). The number of amides is 2.